The second-order valence-corrected chi connectivity index (χ2v) is 6.35. The zero-order chi connectivity index (χ0) is 15.7. The molecule has 118 valence electrons. The molecule has 1 heterocycles. The van der Waals surface area contributed by atoms with Gasteiger partial charge in [0.1, 0.15) is 0 Å². The van der Waals surface area contributed by atoms with Gasteiger partial charge in [-0.3, -0.25) is 4.79 Å². The zero-order valence-electron chi connectivity index (χ0n) is 13.5. The third kappa shape index (κ3) is 2.52. The van der Waals surface area contributed by atoms with Gasteiger partial charge in [0.25, 0.3) is 5.91 Å². The highest BCUT2D eigenvalue weighted by atomic mass is 16.1. The summed E-state index contributed by atoms with van der Waals surface area (Å²) in [6.45, 7) is 3.54. The van der Waals surface area contributed by atoms with Gasteiger partial charge in [-0.1, -0.05) is 6.92 Å². The second kappa shape index (κ2) is 6.13. The Morgan fingerprint density at radius 2 is 2.27 bits per heavy atom. The Labute approximate surface area is 131 Å². The summed E-state index contributed by atoms with van der Waals surface area (Å²) in [5.74, 6) is 0.597. The number of hydrogen-bond acceptors (Lipinski definition) is 2. The molecule has 0 spiro atoms. The van der Waals surface area contributed by atoms with E-state index in [0.29, 0.717) is 19.0 Å². The third-order valence-corrected chi connectivity index (χ3v) is 4.81. The number of nitrogens with one attached hydrogen (secondary N) is 1. The monoisotopic (exact) mass is 299 g/mol. The topological polar surface area (TPSA) is 60.0 Å². The SMILES string of the molecule is CC1CCCc2c1n(C)c1ccc(C(=O)NCCCN)cc21. The molecule has 22 heavy (non-hydrogen) atoms. The van der Waals surface area contributed by atoms with Gasteiger partial charge in [-0.25, -0.2) is 0 Å². The van der Waals surface area contributed by atoms with Crippen molar-refractivity contribution in [3.63, 3.8) is 0 Å². The Morgan fingerprint density at radius 1 is 1.45 bits per heavy atom. The fraction of sp³-hybridized carbons (Fsp3) is 0.500. The van der Waals surface area contributed by atoms with Gasteiger partial charge in [0.05, 0.1) is 0 Å². The van der Waals surface area contributed by atoms with Crippen LogP contribution in [0.25, 0.3) is 10.9 Å². The lowest BCUT2D eigenvalue weighted by atomic mass is 9.88. The largest absolute Gasteiger partial charge is 0.352 e. The molecule has 1 unspecified atom stereocenters. The van der Waals surface area contributed by atoms with Crippen molar-refractivity contribution in [2.75, 3.05) is 13.1 Å². The van der Waals surface area contributed by atoms with E-state index in [1.54, 1.807) is 0 Å². The molecule has 1 aliphatic rings. The van der Waals surface area contributed by atoms with Gasteiger partial charge in [0.15, 0.2) is 0 Å². The molecule has 0 saturated carbocycles. The number of hydrogen-bond donors (Lipinski definition) is 2. The normalized spacial score (nSPS) is 17.5. The smallest absolute Gasteiger partial charge is 0.251 e. The molecule has 4 heteroatoms. The van der Waals surface area contributed by atoms with E-state index in [2.05, 4.69) is 36.0 Å². The van der Waals surface area contributed by atoms with E-state index in [9.17, 15) is 4.79 Å². The fourth-order valence-corrected chi connectivity index (χ4v) is 3.70. The van der Waals surface area contributed by atoms with Gasteiger partial charge in [-0.2, -0.15) is 0 Å². The number of aryl methyl sites for hydroxylation is 2. The van der Waals surface area contributed by atoms with Crippen molar-refractivity contribution in [3.05, 3.63) is 35.0 Å². The van der Waals surface area contributed by atoms with E-state index < -0.39 is 0 Å². The van der Waals surface area contributed by atoms with Gasteiger partial charge in [0, 0.05) is 35.8 Å². The number of aromatic nitrogens is 1. The number of fused-ring (bicyclic) bond motifs is 3. The fourth-order valence-electron chi connectivity index (χ4n) is 3.70. The average molecular weight is 299 g/mol. The van der Waals surface area contributed by atoms with E-state index in [4.69, 9.17) is 5.73 Å². The van der Waals surface area contributed by atoms with Crippen molar-refractivity contribution >= 4 is 16.8 Å². The minimum atomic E-state index is -0.00295. The van der Waals surface area contributed by atoms with Crippen LogP contribution in [0.5, 0.6) is 0 Å². The van der Waals surface area contributed by atoms with Crippen LogP contribution in [-0.2, 0) is 13.5 Å². The number of rotatable bonds is 4. The first-order valence-electron chi connectivity index (χ1n) is 8.23. The van der Waals surface area contributed by atoms with Gasteiger partial charge < -0.3 is 15.6 Å². The molecule has 1 aromatic heterocycles. The molecule has 3 N–H and O–H groups in total. The molecule has 1 aliphatic carbocycles. The minimum absolute atomic E-state index is 0.00295. The van der Waals surface area contributed by atoms with Crippen LogP contribution >= 0.6 is 0 Å². The molecular weight excluding hydrogens is 274 g/mol. The first-order valence-corrected chi connectivity index (χ1v) is 8.23. The second-order valence-electron chi connectivity index (χ2n) is 6.35. The van der Waals surface area contributed by atoms with Gasteiger partial charge in [-0.05, 0) is 61.9 Å². The summed E-state index contributed by atoms with van der Waals surface area (Å²) in [5, 5.41) is 4.18. The Morgan fingerprint density at radius 3 is 3.05 bits per heavy atom. The van der Waals surface area contributed by atoms with Crippen LogP contribution in [-0.4, -0.2) is 23.6 Å². The molecule has 0 bridgehead atoms. The highest BCUT2D eigenvalue weighted by Gasteiger charge is 2.24. The summed E-state index contributed by atoms with van der Waals surface area (Å²) in [6.07, 6.45) is 4.42. The molecule has 3 rings (SSSR count). The van der Waals surface area contributed by atoms with E-state index >= 15 is 0 Å². The standard InChI is InChI=1S/C18H25N3O/c1-12-5-3-6-14-15-11-13(18(22)20-10-4-9-19)7-8-16(15)21(2)17(12)14/h7-8,11-12H,3-6,9-10,19H2,1-2H3,(H,20,22). The maximum absolute atomic E-state index is 12.2. The van der Waals surface area contributed by atoms with Crippen LogP contribution in [0, 0.1) is 0 Å². The molecule has 4 nitrogen and oxygen atoms in total. The molecular formula is C18H25N3O. The molecule has 0 saturated heterocycles. The minimum Gasteiger partial charge on any atom is -0.352 e. The van der Waals surface area contributed by atoms with Crippen LogP contribution in [0.2, 0.25) is 0 Å². The van der Waals surface area contributed by atoms with Gasteiger partial charge in [0.2, 0.25) is 0 Å². The molecule has 1 atom stereocenters. The van der Waals surface area contributed by atoms with Crippen LogP contribution in [0.3, 0.4) is 0 Å². The van der Waals surface area contributed by atoms with Crippen LogP contribution in [0.4, 0.5) is 0 Å². The number of nitrogens with two attached hydrogens (primary N) is 1. The van der Waals surface area contributed by atoms with Crippen molar-refractivity contribution in [1.29, 1.82) is 0 Å². The van der Waals surface area contributed by atoms with Crippen molar-refractivity contribution in [1.82, 2.24) is 9.88 Å². The van der Waals surface area contributed by atoms with Crippen molar-refractivity contribution < 1.29 is 4.79 Å². The number of nitrogens with zero attached hydrogens (tertiary/aromatic N) is 1. The summed E-state index contributed by atoms with van der Waals surface area (Å²) in [6, 6.07) is 6.07. The van der Waals surface area contributed by atoms with Crippen molar-refractivity contribution in [2.45, 2.75) is 38.5 Å². The first kappa shape index (κ1) is 15.1. The lowest BCUT2D eigenvalue weighted by Crippen LogP contribution is -2.25. The van der Waals surface area contributed by atoms with E-state index in [-0.39, 0.29) is 5.91 Å². The van der Waals surface area contributed by atoms with Crippen molar-refractivity contribution in [3.8, 4) is 0 Å². The van der Waals surface area contributed by atoms with Crippen LogP contribution in [0.1, 0.15) is 53.7 Å². The maximum atomic E-state index is 12.2. The summed E-state index contributed by atoms with van der Waals surface area (Å²) in [4.78, 5) is 12.2. The lowest BCUT2D eigenvalue weighted by molar-refractivity contribution is 0.0953. The molecule has 0 fully saturated rings. The molecule has 0 aliphatic heterocycles. The first-order chi connectivity index (χ1) is 10.6. The van der Waals surface area contributed by atoms with Crippen molar-refractivity contribution in [2.24, 2.45) is 12.8 Å². The number of carbonyl (C=O) groups excluding carboxylic acids is 1. The summed E-state index contributed by atoms with van der Waals surface area (Å²) in [5.41, 5.74) is 10.3. The Hall–Kier alpha value is -1.81. The average Bonchev–Trinajstić information content (AvgIpc) is 2.81. The van der Waals surface area contributed by atoms with E-state index in [1.165, 1.54) is 35.0 Å². The highest BCUT2D eigenvalue weighted by Crippen LogP contribution is 2.37. The third-order valence-electron chi connectivity index (χ3n) is 4.81. The molecule has 2 aromatic rings. The van der Waals surface area contributed by atoms with Crippen LogP contribution < -0.4 is 11.1 Å². The predicted molar refractivity (Wildman–Crippen MR) is 90.3 cm³/mol. The van der Waals surface area contributed by atoms with Crippen LogP contribution in [0.15, 0.2) is 18.2 Å². The summed E-state index contributed by atoms with van der Waals surface area (Å²) < 4.78 is 2.31. The molecule has 1 aromatic carbocycles. The quantitative estimate of drug-likeness (QED) is 0.853. The highest BCUT2D eigenvalue weighted by molar-refractivity contribution is 5.99. The predicted octanol–water partition coefficient (Wildman–Crippen LogP) is 2.70. The maximum Gasteiger partial charge on any atom is 0.251 e. The Bertz CT molecular complexity index is 702. The Kier molecular flexibility index (Phi) is 4.21. The zero-order valence-corrected chi connectivity index (χ0v) is 13.5. The van der Waals surface area contributed by atoms with Gasteiger partial charge in [-0.15, -0.1) is 0 Å². The Balaban J connectivity index is 1.98. The molecule has 0 radical (unpaired) electrons. The number of amides is 1. The lowest BCUT2D eigenvalue weighted by Gasteiger charge is -2.20. The number of benzene rings is 1. The summed E-state index contributed by atoms with van der Waals surface area (Å²) >= 11 is 0. The van der Waals surface area contributed by atoms with E-state index in [1.807, 2.05) is 6.07 Å². The molecule has 1 amide bonds. The van der Waals surface area contributed by atoms with E-state index in [0.717, 1.165) is 18.4 Å². The number of carbonyl (C=O) groups is 1. The summed E-state index contributed by atoms with van der Waals surface area (Å²) in [7, 11) is 2.14. The van der Waals surface area contributed by atoms with Gasteiger partial charge >= 0.3 is 0 Å².